The Morgan fingerprint density at radius 3 is 2.87 bits per heavy atom. The van der Waals surface area contributed by atoms with Gasteiger partial charge in [-0.05, 0) is 34.5 Å². The van der Waals surface area contributed by atoms with Gasteiger partial charge < -0.3 is 10.2 Å². The molecule has 2 heterocycles. The Balaban J connectivity index is 2.55. The first-order valence-electron chi connectivity index (χ1n) is 4.58. The average Bonchev–Trinajstić information content (AvgIpc) is 2.75. The fourth-order valence-electron chi connectivity index (χ4n) is 1.26. The van der Waals surface area contributed by atoms with E-state index in [-0.39, 0.29) is 0 Å². The SMILES string of the molecule is CCc1nc(-c2ccco2)nc(N)c1Br. The minimum absolute atomic E-state index is 0.438. The second kappa shape index (κ2) is 4.02. The maximum Gasteiger partial charge on any atom is 0.197 e. The summed E-state index contributed by atoms with van der Waals surface area (Å²) in [6.07, 6.45) is 2.38. The van der Waals surface area contributed by atoms with Crippen LogP contribution < -0.4 is 5.73 Å². The largest absolute Gasteiger partial charge is 0.461 e. The predicted octanol–water partition coefficient (Wildman–Crippen LogP) is 2.64. The number of nitrogens with two attached hydrogens (primary N) is 1. The lowest BCUT2D eigenvalue weighted by Crippen LogP contribution is -2.01. The number of aromatic nitrogens is 2. The highest BCUT2D eigenvalue weighted by molar-refractivity contribution is 9.10. The lowest BCUT2D eigenvalue weighted by Gasteiger charge is -2.05. The summed E-state index contributed by atoms with van der Waals surface area (Å²) in [5.74, 6) is 1.59. The van der Waals surface area contributed by atoms with E-state index in [9.17, 15) is 0 Å². The molecule has 5 heteroatoms. The molecule has 0 aromatic carbocycles. The molecule has 0 aliphatic carbocycles. The van der Waals surface area contributed by atoms with Crippen LogP contribution in [0.2, 0.25) is 0 Å². The Kier molecular flexibility index (Phi) is 2.73. The number of nitrogen functional groups attached to an aromatic ring is 1. The zero-order chi connectivity index (χ0) is 10.8. The average molecular weight is 268 g/mol. The number of hydrogen-bond acceptors (Lipinski definition) is 4. The van der Waals surface area contributed by atoms with Gasteiger partial charge in [-0.3, -0.25) is 0 Å². The van der Waals surface area contributed by atoms with Crippen molar-refractivity contribution >= 4 is 21.7 Å². The molecule has 78 valence electrons. The molecule has 0 bridgehead atoms. The normalized spacial score (nSPS) is 10.5. The second-order valence-electron chi connectivity index (χ2n) is 3.02. The Morgan fingerprint density at radius 2 is 2.27 bits per heavy atom. The van der Waals surface area contributed by atoms with Gasteiger partial charge >= 0.3 is 0 Å². The lowest BCUT2D eigenvalue weighted by atomic mass is 10.3. The molecule has 0 atom stereocenters. The third-order valence-electron chi connectivity index (χ3n) is 2.02. The van der Waals surface area contributed by atoms with E-state index in [1.807, 2.05) is 13.0 Å². The first-order valence-corrected chi connectivity index (χ1v) is 5.37. The van der Waals surface area contributed by atoms with Crippen molar-refractivity contribution in [3.8, 4) is 11.6 Å². The molecular weight excluding hydrogens is 258 g/mol. The van der Waals surface area contributed by atoms with Gasteiger partial charge in [0.05, 0.1) is 16.4 Å². The minimum Gasteiger partial charge on any atom is -0.461 e. The van der Waals surface area contributed by atoms with E-state index in [2.05, 4.69) is 25.9 Å². The van der Waals surface area contributed by atoms with Crippen molar-refractivity contribution in [3.05, 3.63) is 28.6 Å². The zero-order valence-corrected chi connectivity index (χ0v) is 9.78. The molecule has 0 spiro atoms. The smallest absolute Gasteiger partial charge is 0.197 e. The third kappa shape index (κ3) is 1.87. The Hall–Kier alpha value is -1.36. The van der Waals surface area contributed by atoms with Crippen LogP contribution in [0, 0.1) is 0 Å². The van der Waals surface area contributed by atoms with E-state index in [0.29, 0.717) is 17.4 Å². The highest BCUT2D eigenvalue weighted by Crippen LogP contribution is 2.25. The molecule has 0 unspecified atom stereocenters. The lowest BCUT2D eigenvalue weighted by molar-refractivity contribution is 0.577. The van der Waals surface area contributed by atoms with Gasteiger partial charge in [0.1, 0.15) is 5.82 Å². The van der Waals surface area contributed by atoms with Crippen LogP contribution in [0.1, 0.15) is 12.6 Å². The van der Waals surface area contributed by atoms with Gasteiger partial charge in [-0.25, -0.2) is 9.97 Å². The topological polar surface area (TPSA) is 64.9 Å². The molecule has 0 aliphatic rings. The summed E-state index contributed by atoms with van der Waals surface area (Å²) in [6.45, 7) is 2.01. The summed E-state index contributed by atoms with van der Waals surface area (Å²) in [5, 5.41) is 0. The number of rotatable bonds is 2. The van der Waals surface area contributed by atoms with Gasteiger partial charge in [-0.1, -0.05) is 6.92 Å². The zero-order valence-electron chi connectivity index (χ0n) is 8.20. The number of nitrogens with zero attached hydrogens (tertiary/aromatic N) is 2. The van der Waals surface area contributed by atoms with E-state index in [4.69, 9.17) is 10.2 Å². The van der Waals surface area contributed by atoms with Crippen LogP contribution in [-0.2, 0) is 6.42 Å². The number of anilines is 1. The van der Waals surface area contributed by atoms with Crippen LogP contribution in [0.15, 0.2) is 27.3 Å². The van der Waals surface area contributed by atoms with E-state index in [1.165, 1.54) is 0 Å². The quantitative estimate of drug-likeness (QED) is 0.909. The van der Waals surface area contributed by atoms with E-state index in [1.54, 1.807) is 12.3 Å². The van der Waals surface area contributed by atoms with Crippen LogP contribution in [0.5, 0.6) is 0 Å². The van der Waals surface area contributed by atoms with Crippen LogP contribution >= 0.6 is 15.9 Å². The highest BCUT2D eigenvalue weighted by atomic mass is 79.9. The predicted molar refractivity (Wildman–Crippen MR) is 61.2 cm³/mol. The summed E-state index contributed by atoms with van der Waals surface area (Å²) in [5.41, 5.74) is 6.65. The van der Waals surface area contributed by atoms with Gasteiger partial charge in [0, 0.05) is 0 Å². The summed E-state index contributed by atoms with van der Waals surface area (Å²) in [7, 11) is 0. The fourth-order valence-corrected chi connectivity index (χ4v) is 1.72. The van der Waals surface area contributed by atoms with Crippen LogP contribution in [-0.4, -0.2) is 9.97 Å². The van der Waals surface area contributed by atoms with Gasteiger partial charge in [0.15, 0.2) is 11.6 Å². The molecule has 0 radical (unpaired) electrons. The van der Waals surface area contributed by atoms with Crippen molar-refractivity contribution in [1.29, 1.82) is 0 Å². The first-order chi connectivity index (χ1) is 7.22. The number of furan rings is 1. The molecule has 2 N–H and O–H groups in total. The Bertz CT molecular complexity index is 468. The monoisotopic (exact) mass is 267 g/mol. The molecule has 0 saturated carbocycles. The van der Waals surface area contributed by atoms with Crippen LogP contribution in [0.4, 0.5) is 5.82 Å². The number of aryl methyl sites for hydroxylation is 1. The van der Waals surface area contributed by atoms with Crippen molar-refractivity contribution < 1.29 is 4.42 Å². The Morgan fingerprint density at radius 1 is 1.47 bits per heavy atom. The van der Waals surface area contributed by atoms with Crippen LogP contribution in [0.25, 0.3) is 11.6 Å². The molecular formula is C10H10BrN3O. The Labute approximate surface area is 95.7 Å². The first kappa shape index (κ1) is 10.2. The van der Waals surface area contributed by atoms with Gasteiger partial charge in [-0.15, -0.1) is 0 Å². The number of hydrogen-bond donors (Lipinski definition) is 1. The molecule has 2 aromatic rings. The standard InChI is InChI=1S/C10H10BrN3O/c1-2-6-8(11)9(12)14-10(13-6)7-4-3-5-15-7/h3-5H,2H2,1H3,(H2,12,13,14). The van der Waals surface area contributed by atoms with Crippen molar-refractivity contribution in [2.75, 3.05) is 5.73 Å². The summed E-state index contributed by atoms with van der Waals surface area (Å²) < 4.78 is 5.98. The van der Waals surface area contributed by atoms with Gasteiger partial charge in [0.25, 0.3) is 0 Å². The van der Waals surface area contributed by atoms with Crippen molar-refractivity contribution in [2.24, 2.45) is 0 Å². The maximum atomic E-state index is 5.76. The number of halogens is 1. The second-order valence-corrected chi connectivity index (χ2v) is 3.82. The molecule has 0 fully saturated rings. The molecule has 2 aromatic heterocycles. The van der Waals surface area contributed by atoms with Crippen molar-refractivity contribution in [2.45, 2.75) is 13.3 Å². The molecule has 15 heavy (non-hydrogen) atoms. The molecule has 0 amide bonds. The summed E-state index contributed by atoms with van der Waals surface area (Å²) in [4.78, 5) is 8.51. The van der Waals surface area contributed by atoms with E-state index in [0.717, 1.165) is 16.6 Å². The molecule has 4 nitrogen and oxygen atoms in total. The van der Waals surface area contributed by atoms with Crippen molar-refractivity contribution in [1.82, 2.24) is 9.97 Å². The van der Waals surface area contributed by atoms with E-state index >= 15 is 0 Å². The summed E-state index contributed by atoms with van der Waals surface area (Å²) in [6, 6.07) is 3.60. The van der Waals surface area contributed by atoms with Gasteiger partial charge in [0.2, 0.25) is 0 Å². The van der Waals surface area contributed by atoms with E-state index < -0.39 is 0 Å². The highest BCUT2D eigenvalue weighted by Gasteiger charge is 2.11. The summed E-state index contributed by atoms with van der Waals surface area (Å²) >= 11 is 3.36. The molecule has 0 aliphatic heterocycles. The fraction of sp³-hybridized carbons (Fsp3) is 0.200. The third-order valence-corrected chi connectivity index (χ3v) is 2.89. The van der Waals surface area contributed by atoms with Crippen LogP contribution in [0.3, 0.4) is 0 Å². The molecule has 0 saturated heterocycles. The van der Waals surface area contributed by atoms with Gasteiger partial charge in [-0.2, -0.15) is 0 Å². The van der Waals surface area contributed by atoms with Crippen molar-refractivity contribution in [3.63, 3.8) is 0 Å². The minimum atomic E-state index is 0.438. The maximum absolute atomic E-state index is 5.76. The molecule has 2 rings (SSSR count).